The van der Waals surface area contributed by atoms with E-state index in [9.17, 15) is 9.18 Å². The van der Waals surface area contributed by atoms with Crippen LogP contribution in [0.25, 0.3) is 0 Å². The van der Waals surface area contributed by atoms with Crippen LogP contribution in [-0.4, -0.2) is 19.7 Å². The number of ether oxygens (including phenoxy) is 1. The number of nitrogens with zero attached hydrogens (tertiary/aromatic N) is 1. The standard InChI is InChI=1S/C14H14BFN2O2/c1-20-9-6-10(16)12-11(7-9)18-13(19)14(12)2-4-15(8-17)5-3-14/h6-7H,2-5H2,1H3,(H,18,19). The zero-order valence-corrected chi connectivity index (χ0v) is 11.2. The highest BCUT2D eigenvalue weighted by atomic mass is 19.1. The van der Waals surface area contributed by atoms with Crippen molar-refractivity contribution in [1.29, 1.82) is 5.26 Å². The highest BCUT2D eigenvalue weighted by molar-refractivity contribution is 6.67. The van der Waals surface area contributed by atoms with Crippen molar-refractivity contribution in [2.75, 3.05) is 12.4 Å². The second kappa shape index (κ2) is 4.52. The molecule has 0 aromatic heterocycles. The summed E-state index contributed by atoms with van der Waals surface area (Å²) in [7, 11) is 1.46. The van der Waals surface area contributed by atoms with Crippen LogP contribution in [-0.2, 0) is 10.2 Å². The SMILES string of the molecule is COc1cc(F)c2c(c1)NC(=O)C21CCB(C#N)CC1. The number of anilines is 1. The average Bonchev–Trinajstić information content (AvgIpc) is 2.72. The number of carbonyl (C=O) groups excluding carboxylic acids is 1. The van der Waals surface area contributed by atoms with Crippen molar-refractivity contribution in [1.82, 2.24) is 0 Å². The van der Waals surface area contributed by atoms with Gasteiger partial charge in [0.1, 0.15) is 11.6 Å². The normalized spacial score (nSPS) is 19.4. The molecule has 1 fully saturated rings. The van der Waals surface area contributed by atoms with Gasteiger partial charge in [0.2, 0.25) is 5.91 Å². The average molecular weight is 272 g/mol. The van der Waals surface area contributed by atoms with Crippen LogP contribution in [0.1, 0.15) is 18.4 Å². The van der Waals surface area contributed by atoms with Gasteiger partial charge in [-0.2, -0.15) is 0 Å². The first-order valence-electron chi connectivity index (χ1n) is 6.70. The van der Waals surface area contributed by atoms with Crippen molar-refractivity contribution in [3.05, 3.63) is 23.5 Å². The molecule has 1 aromatic carbocycles. The second-order valence-corrected chi connectivity index (χ2v) is 5.47. The van der Waals surface area contributed by atoms with Gasteiger partial charge in [0.25, 0.3) is 6.71 Å². The molecule has 2 aliphatic heterocycles. The van der Waals surface area contributed by atoms with Crippen molar-refractivity contribution in [2.24, 2.45) is 0 Å². The number of methoxy groups -OCH3 is 1. The maximum absolute atomic E-state index is 14.4. The molecule has 20 heavy (non-hydrogen) atoms. The van der Waals surface area contributed by atoms with Crippen LogP contribution < -0.4 is 10.1 Å². The van der Waals surface area contributed by atoms with Gasteiger partial charge in [-0.15, -0.1) is 0 Å². The Labute approximate surface area is 117 Å². The Bertz CT molecular complexity index is 618. The highest BCUT2D eigenvalue weighted by Crippen LogP contribution is 2.49. The molecule has 0 unspecified atom stereocenters. The van der Waals surface area contributed by atoms with Gasteiger partial charge in [-0.05, 0) is 12.8 Å². The van der Waals surface area contributed by atoms with Gasteiger partial charge < -0.3 is 10.1 Å². The molecule has 102 valence electrons. The fraction of sp³-hybridized carbons (Fsp3) is 0.429. The number of carbonyl (C=O) groups is 1. The first-order valence-corrected chi connectivity index (χ1v) is 6.70. The minimum atomic E-state index is -0.807. The van der Waals surface area contributed by atoms with Gasteiger partial charge in [-0.1, -0.05) is 12.6 Å². The van der Waals surface area contributed by atoms with Crippen LogP contribution in [0, 0.1) is 17.0 Å². The maximum atomic E-state index is 14.4. The summed E-state index contributed by atoms with van der Waals surface area (Å²) in [4.78, 5) is 12.4. The number of nitrogens with one attached hydrogen (secondary N) is 1. The van der Waals surface area contributed by atoms with Crippen LogP contribution in [0.2, 0.25) is 12.6 Å². The van der Waals surface area contributed by atoms with Gasteiger partial charge in [0, 0.05) is 23.7 Å². The predicted octanol–water partition coefficient (Wildman–Crippen LogP) is 2.38. The Morgan fingerprint density at radius 2 is 2.15 bits per heavy atom. The minimum Gasteiger partial charge on any atom is -0.497 e. The Kier molecular flexibility index (Phi) is 2.93. The van der Waals surface area contributed by atoms with Crippen LogP contribution in [0.4, 0.5) is 10.1 Å². The van der Waals surface area contributed by atoms with E-state index in [1.54, 1.807) is 6.07 Å². The van der Waals surface area contributed by atoms with Crippen molar-refractivity contribution in [3.8, 4) is 11.7 Å². The smallest absolute Gasteiger partial charge is 0.267 e. The summed E-state index contributed by atoms with van der Waals surface area (Å²) in [5.74, 6) is 2.06. The summed E-state index contributed by atoms with van der Waals surface area (Å²) < 4.78 is 19.4. The molecule has 1 spiro atoms. The minimum absolute atomic E-state index is 0.0289. The van der Waals surface area contributed by atoms with E-state index in [2.05, 4.69) is 11.3 Å². The van der Waals surface area contributed by atoms with E-state index in [1.165, 1.54) is 13.2 Å². The molecule has 1 aromatic rings. The molecule has 0 aliphatic carbocycles. The summed E-state index contributed by atoms with van der Waals surface area (Å²) in [5.41, 5.74) is 0.140. The molecule has 2 aliphatic rings. The quantitative estimate of drug-likeness (QED) is 0.798. The molecule has 3 rings (SSSR count). The Balaban J connectivity index is 2.05. The van der Waals surface area contributed by atoms with Crippen LogP contribution in [0.15, 0.2) is 12.1 Å². The van der Waals surface area contributed by atoms with Crippen LogP contribution in [0.3, 0.4) is 0 Å². The zero-order chi connectivity index (χ0) is 14.3. The van der Waals surface area contributed by atoms with Gasteiger partial charge in [-0.25, -0.2) is 9.65 Å². The molecule has 1 amide bonds. The molecular weight excluding hydrogens is 258 g/mol. The van der Waals surface area contributed by atoms with Crippen molar-refractivity contribution in [2.45, 2.75) is 30.9 Å². The molecule has 0 radical (unpaired) electrons. The van der Waals surface area contributed by atoms with E-state index < -0.39 is 11.2 Å². The lowest BCUT2D eigenvalue weighted by molar-refractivity contribution is -0.121. The molecule has 0 atom stereocenters. The molecule has 1 N–H and O–H groups in total. The van der Waals surface area contributed by atoms with E-state index in [0.717, 1.165) is 0 Å². The molecule has 0 saturated carbocycles. The molecule has 2 heterocycles. The summed E-state index contributed by atoms with van der Waals surface area (Å²) in [6.45, 7) is -0.0289. The Morgan fingerprint density at radius 1 is 1.45 bits per heavy atom. The first-order chi connectivity index (χ1) is 9.60. The largest absolute Gasteiger partial charge is 0.497 e. The second-order valence-electron chi connectivity index (χ2n) is 5.47. The van der Waals surface area contributed by atoms with E-state index in [4.69, 9.17) is 10.00 Å². The number of hydrogen-bond donors (Lipinski definition) is 1. The van der Waals surface area contributed by atoms with Gasteiger partial charge in [-0.3, -0.25) is 4.79 Å². The monoisotopic (exact) mass is 272 g/mol. The third-order valence-electron chi connectivity index (χ3n) is 4.48. The number of nitriles is 1. The van der Waals surface area contributed by atoms with E-state index in [-0.39, 0.29) is 12.6 Å². The lowest BCUT2D eigenvalue weighted by Crippen LogP contribution is -2.40. The van der Waals surface area contributed by atoms with Crippen molar-refractivity contribution in [3.63, 3.8) is 0 Å². The van der Waals surface area contributed by atoms with Crippen LogP contribution >= 0.6 is 0 Å². The molecule has 6 heteroatoms. The third kappa shape index (κ3) is 1.69. The fourth-order valence-corrected chi connectivity index (χ4v) is 3.36. The number of fused-ring (bicyclic) bond motifs is 2. The lowest BCUT2D eigenvalue weighted by Gasteiger charge is -2.32. The van der Waals surface area contributed by atoms with E-state index >= 15 is 0 Å². The summed E-state index contributed by atoms with van der Waals surface area (Å²) in [6.07, 6.45) is 2.31. The third-order valence-corrected chi connectivity index (χ3v) is 4.48. The van der Waals surface area contributed by atoms with Gasteiger partial charge in [0.05, 0.1) is 18.2 Å². The van der Waals surface area contributed by atoms with Gasteiger partial charge in [0.15, 0.2) is 0 Å². The predicted molar refractivity (Wildman–Crippen MR) is 73.5 cm³/mol. The summed E-state index contributed by atoms with van der Waals surface area (Å²) in [6, 6.07) is 2.97. The maximum Gasteiger partial charge on any atom is 0.267 e. The number of rotatable bonds is 1. The number of amides is 1. The highest BCUT2D eigenvalue weighted by Gasteiger charge is 2.51. The summed E-state index contributed by atoms with van der Waals surface area (Å²) in [5, 5.41) is 11.7. The number of benzene rings is 1. The zero-order valence-electron chi connectivity index (χ0n) is 11.2. The molecular formula is C14H14BFN2O2. The Hall–Kier alpha value is -2.03. The summed E-state index contributed by atoms with van der Waals surface area (Å²) >= 11 is 0. The first kappa shape index (κ1) is 13.0. The van der Waals surface area contributed by atoms with E-state index in [0.29, 0.717) is 42.5 Å². The molecule has 0 bridgehead atoms. The lowest BCUT2D eigenvalue weighted by atomic mass is 9.39. The van der Waals surface area contributed by atoms with Crippen molar-refractivity contribution < 1.29 is 13.9 Å². The topological polar surface area (TPSA) is 62.1 Å². The van der Waals surface area contributed by atoms with Crippen LogP contribution in [0.5, 0.6) is 5.75 Å². The Morgan fingerprint density at radius 3 is 2.75 bits per heavy atom. The number of halogens is 1. The van der Waals surface area contributed by atoms with E-state index in [1.807, 2.05) is 0 Å². The van der Waals surface area contributed by atoms with Gasteiger partial charge >= 0.3 is 0 Å². The molecule has 1 saturated heterocycles. The van der Waals surface area contributed by atoms with Crippen molar-refractivity contribution >= 4 is 18.3 Å². The molecule has 4 nitrogen and oxygen atoms in total. The number of hydrogen-bond acceptors (Lipinski definition) is 3. The fourth-order valence-electron chi connectivity index (χ4n) is 3.36.